The molecule has 5 heteroatoms. The molecule has 0 aliphatic carbocycles. The molecule has 0 spiro atoms. The number of pyridine rings is 1. The number of nitrogens with two attached hydrogens (primary N) is 1. The van der Waals surface area contributed by atoms with Crippen LogP contribution in [0.15, 0.2) is 66.9 Å². The molecule has 0 bridgehead atoms. The van der Waals surface area contributed by atoms with Crippen molar-refractivity contribution in [2.75, 3.05) is 12.3 Å². The number of aromatic nitrogens is 1. The summed E-state index contributed by atoms with van der Waals surface area (Å²) < 4.78 is 12.4. The lowest BCUT2D eigenvalue weighted by Gasteiger charge is -2.46. The molecule has 5 nitrogen and oxygen atoms in total. The lowest BCUT2D eigenvalue weighted by molar-refractivity contribution is 0.0935. The molecular weight excluding hydrogens is 422 g/mol. The van der Waals surface area contributed by atoms with Gasteiger partial charge >= 0.3 is 0 Å². The summed E-state index contributed by atoms with van der Waals surface area (Å²) in [6, 6.07) is 20.1. The summed E-state index contributed by atoms with van der Waals surface area (Å²) >= 11 is 0. The standard InChI is InChI=1S/C29H37N3O2/c1-20(34-26-8-6-7-23(15-26)24-11-14-27(30)31-18-24)22-9-12-25(13-10-22)33-19-21-16-28(2,3)32-29(4,5)17-21/h6-15,18,20-21,32H,16-17,19H2,1-5H3,(H2,30,31). The van der Waals surface area contributed by atoms with E-state index in [9.17, 15) is 0 Å². The Bertz CT molecular complexity index is 1080. The summed E-state index contributed by atoms with van der Waals surface area (Å²) in [4.78, 5) is 4.18. The Balaban J connectivity index is 1.35. The first-order valence-electron chi connectivity index (χ1n) is 12.1. The molecule has 34 heavy (non-hydrogen) atoms. The zero-order valence-corrected chi connectivity index (χ0v) is 21.0. The molecule has 0 amide bonds. The molecule has 180 valence electrons. The number of benzene rings is 2. The van der Waals surface area contributed by atoms with Crippen molar-refractivity contribution in [2.45, 2.75) is 64.6 Å². The van der Waals surface area contributed by atoms with Gasteiger partial charge in [0.2, 0.25) is 0 Å². The van der Waals surface area contributed by atoms with Crippen LogP contribution < -0.4 is 20.5 Å². The second-order valence-electron chi connectivity index (χ2n) is 10.8. The van der Waals surface area contributed by atoms with Crippen LogP contribution in [0.2, 0.25) is 0 Å². The van der Waals surface area contributed by atoms with E-state index in [0.717, 1.165) is 47.6 Å². The number of hydrogen-bond acceptors (Lipinski definition) is 5. The number of hydrogen-bond donors (Lipinski definition) is 2. The van der Waals surface area contributed by atoms with Crippen LogP contribution >= 0.6 is 0 Å². The molecule has 0 radical (unpaired) electrons. The van der Waals surface area contributed by atoms with Gasteiger partial charge in [-0.1, -0.05) is 24.3 Å². The second kappa shape index (κ2) is 9.67. The minimum atomic E-state index is -0.0835. The van der Waals surface area contributed by atoms with Crippen LogP contribution in [0.4, 0.5) is 5.82 Å². The van der Waals surface area contributed by atoms with Gasteiger partial charge in [-0.15, -0.1) is 0 Å². The summed E-state index contributed by atoms with van der Waals surface area (Å²) in [7, 11) is 0. The van der Waals surface area contributed by atoms with Crippen LogP contribution in [0.5, 0.6) is 11.5 Å². The van der Waals surface area contributed by atoms with Gasteiger partial charge in [-0.3, -0.25) is 0 Å². The highest BCUT2D eigenvalue weighted by atomic mass is 16.5. The number of nitrogens with one attached hydrogen (secondary N) is 1. The molecule has 1 saturated heterocycles. The van der Waals surface area contributed by atoms with E-state index in [4.69, 9.17) is 15.2 Å². The van der Waals surface area contributed by atoms with Crippen molar-refractivity contribution < 1.29 is 9.47 Å². The average Bonchev–Trinajstić information content (AvgIpc) is 2.77. The quantitative estimate of drug-likeness (QED) is 0.427. The number of rotatable bonds is 7. The maximum Gasteiger partial charge on any atom is 0.123 e. The highest BCUT2D eigenvalue weighted by Gasteiger charge is 2.37. The van der Waals surface area contributed by atoms with Gasteiger partial charge in [0.25, 0.3) is 0 Å². The normalized spacial score (nSPS) is 18.3. The fraction of sp³-hybridized carbons (Fsp3) is 0.414. The van der Waals surface area contributed by atoms with Gasteiger partial charge in [0, 0.05) is 22.8 Å². The molecule has 1 fully saturated rings. The fourth-order valence-electron chi connectivity index (χ4n) is 5.30. The fourth-order valence-corrected chi connectivity index (χ4v) is 5.30. The highest BCUT2D eigenvalue weighted by molar-refractivity contribution is 5.65. The largest absolute Gasteiger partial charge is 0.493 e. The predicted octanol–water partition coefficient (Wildman–Crippen LogP) is 6.41. The summed E-state index contributed by atoms with van der Waals surface area (Å²) in [6.07, 6.45) is 3.93. The Kier molecular flexibility index (Phi) is 6.85. The van der Waals surface area contributed by atoms with Crippen LogP contribution in [0.1, 0.15) is 59.1 Å². The highest BCUT2D eigenvalue weighted by Crippen LogP contribution is 2.33. The van der Waals surface area contributed by atoms with Crippen molar-refractivity contribution in [1.82, 2.24) is 10.3 Å². The first-order valence-corrected chi connectivity index (χ1v) is 12.1. The molecule has 1 atom stereocenters. The molecular formula is C29H37N3O2. The van der Waals surface area contributed by atoms with Gasteiger partial charge in [-0.25, -0.2) is 4.98 Å². The van der Waals surface area contributed by atoms with Crippen molar-refractivity contribution in [3.8, 4) is 22.6 Å². The minimum absolute atomic E-state index is 0.0835. The van der Waals surface area contributed by atoms with Gasteiger partial charge < -0.3 is 20.5 Å². The van der Waals surface area contributed by atoms with Crippen LogP contribution in [-0.2, 0) is 0 Å². The minimum Gasteiger partial charge on any atom is -0.493 e. The SMILES string of the molecule is CC(Oc1cccc(-c2ccc(N)nc2)c1)c1ccc(OCC2CC(C)(C)NC(C)(C)C2)cc1. The smallest absolute Gasteiger partial charge is 0.123 e. The Morgan fingerprint density at radius 2 is 1.65 bits per heavy atom. The molecule has 0 saturated carbocycles. The van der Waals surface area contributed by atoms with Crippen molar-refractivity contribution >= 4 is 5.82 Å². The van der Waals surface area contributed by atoms with E-state index < -0.39 is 0 Å². The van der Waals surface area contributed by atoms with Crippen LogP contribution in [0.3, 0.4) is 0 Å². The van der Waals surface area contributed by atoms with E-state index in [2.05, 4.69) is 57.1 Å². The average molecular weight is 460 g/mol. The molecule has 4 rings (SSSR count). The Hall–Kier alpha value is -3.05. The molecule has 1 aromatic heterocycles. The summed E-state index contributed by atoms with van der Waals surface area (Å²) in [5.41, 5.74) is 9.14. The van der Waals surface area contributed by atoms with E-state index in [-0.39, 0.29) is 17.2 Å². The summed E-state index contributed by atoms with van der Waals surface area (Å²) in [5, 5.41) is 3.74. The third-order valence-electron chi connectivity index (χ3n) is 6.38. The van der Waals surface area contributed by atoms with E-state index in [0.29, 0.717) is 11.7 Å². The van der Waals surface area contributed by atoms with E-state index >= 15 is 0 Å². The third-order valence-corrected chi connectivity index (χ3v) is 6.38. The monoisotopic (exact) mass is 459 g/mol. The maximum atomic E-state index is 6.23. The topological polar surface area (TPSA) is 69.4 Å². The lowest BCUT2D eigenvalue weighted by Crippen LogP contribution is -2.58. The number of anilines is 1. The molecule has 2 heterocycles. The van der Waals surface area contributed by atoms with Gasteiger partial charge in [0.05, 0.1) is 6.61 Å². The Labute approximate surface area is 203 Å². The third kappa shape index (κ3) is 6.29. The van der Waals surface area contributed by atoms with Gasteiger partial charge in [-0.2, -0.15) is 0 Å². The van der Waals surface area contributed by atoms with E-state index in [1.807, 2.05) is 48.5 Å². The van der Waals surface area contributed by atoms with Crippen molar-refractivity contribution in [3.05, 3.63) is 72.4 Å². The van der Waals surface area contributed by atoms with Crippen molar-refractivity contribution in [3.63, 3.8) is 0 Å². The molecule has 1 unspecified atom stereocenters. The van der Waals surface area contributed by atoms with Crippen LogP contribution in [0.25, 0.3) is 11.1 Å². The summed E-state index contributed by atoms with van der Waals surface area (Å²) in [5.74, 6) is 2.78. The van der Waals surface area contributed by atoms with Crippen LogP contribution in [0, 0.1) is 5.92 Å². The zero-order chi connectivity index (χ0) is 24.3. The van der Waals surface area contributed by atoms with Gasteiger partial charge in [-0.05, 0) is 101 Å². The van der Waals surface area contributed by atoms with Crippen LogP contribution in [-0.4, -0.2) is 22.7 Å². The van der Waals surface area contributed by atoms with Gasteiger partial charge in [0.15, 0.2) is 0 Å². The number of nitrogens with zero attached hydrogens (tertiary/aromatic N) is 1. The first-order chi connectivity index (χ1) is 16.1. The molecule has 1 aliphatic heterocycles. The zero-order valence-electron chi connectivity index (χ0n) is 21.0. The number of ether oxygens (including phenoxy) is 2. The van der Waals surface area contributed by atoms with E-state index in [1.54, 1.807) is 6.20 Å². The first kappa shape index (κ1) is 24.1. The summed E-state index contributed by atoms with van der Waals surface area (Å²) in [6.45, 7) is 11.9. The molecule has 2 aromatic carbocycles. The molecule has 1 aliphatic rings. The Morgan fingerprint density at radius 1 is 0.941 bits per heavy atom. The van der Waals surface area contributed by atoms with Gasteiger partial charge in [0.1, 0.15) is 23.4 Å². The number of nitrogen functional groups attached to an aromatic ring is 1. The second-order valence-corrected chi connectivity index (χ2v) is 10.8. The lowest BCUT2D eigenvalue weighted by atomic mass is 9.76. The van der Waals surface area contributed by atoms with Crippen molar-refractivity contribution in [2.24, 2.45) is 5.92 Å². The van der Waals surface area contributed by atoms with Crippen molar-refractivity contribution in [1.29, 1.82) is 0 Å². The number of piperidine rings is 1. The predicted molar refractivity (Wildman–Crippen MR) is 139 cm³/mol. The maximum absolute atomic E-state index is 6.23. The van der Waals surface area contributed by atoms with E-state index in [1.165, 1.54) is 0 Å². The molecule has 3 aromatic rings. The Morgan fingerprint density at radius 3 is 2.29 bits per heavy atom. The molecule has 3 N–H and O–H groups in total.